The predicted molar refractivity (Wildman–Crippen MR) is 58.8 cm³/mol. The van der Waals surface area contributed by atoms with Crippen LogP contribution in [0, 0.1) is 0 Å². The SMILES string of the molecule is O=C(O)c1cnsc1C(=O)NC1CCCC1. The molecule has 1 amide bonds. The Bertz CT molecular complexity index is 410. The second-order valence-corrected chi connectivity index (χ2v) is 4.63. The molecular weight excluding hydrogens is 228 g/mol. The number of carboxylic acids is 1. The minimum atomic E-state index is -1.11. The number of carbonyl (C=O) groups is 2. The van der Waals surface area contributed by atoms with Crippen LogP contribution in [0.15, 0.2) is 6.20 Å². The van der Waals surface area contributed by atoms with Gasteiger partial charge in [0.1, 0.15) is 10.4 Å². The predicted octanol–water partition coefficient (Wildman–Crippen LogP) is 1.51. The summed E-state index contributed by atoms with van der Waals surface area (Å²) in [6.45, 7) is 0. The summed E-state index contributed by atoms with van der Waals surface area (Å²) in [5.74, 6) is -1.42. The number of aromatic carboxylic acids is 1. The first kappa shape index (κ1) is 11.1. The van der Waals surface area contributed by atoms with Crippen LogP contribution in [-0.4, -0.2) is 27.4 Å². The zero-order valence-corrected chi connectivity index (χ0v) is 9.42. The molecule has 0 bridgehead atoms. The van der Waals surface area contributed by atoms with Gasteiger partial charge in [0, 0.05) is 6.04 Å². The van der Waals surface area contributed by atoms with E-state index in [1.54, 1.807) is 0 Å². The van der Waals surface area contributed by atoms with Crippen LogP contribution in [0.5, 0.6) is 0 Å². The Balaban J connectivity index is 2.08. The molecule has 5 nitrogen and oxygen atoms in total. The number of rotatable bonds is 3. The highest BCUT2D eigenvalue weighted by atomic mass is 32.1. The van der Waals surface area contributed by atoms with E-state index in [1.807, 2.05) is 0 Å². The van der Waals surface area contributed by atoms with Gasteiger partial charge in [-0.05, 0) is 24.4 Å². The van der Waals surface area contributed by atoms with Crippen molar-refractivity contribution < 1.29 is 14.7 Å². The second kappa shape index (κ2) is 4.61. The molecule has 0 aliphatic heterocycles. The zero-order valence-electron chi connectivity index (χ0n) is 8.60. The van der Waals surface area contributed by atoms with E-state index in [4.69, 9.17) is 5.11 Å². The summed E-state index contributed by atoms with van der Waals surface area (Å²) in [7, 11) is 0. The number of hydrogen-bond donors (Lipinski definition) is 2. The highest BCUT2D eigenvalue weighted by Crippen LogP contribution is 2.19. The molecule has 1 aliphatic carbocycles. The fourth-order valence-corrected chi connectivity index (χ4v) is 2.52. The average molecular weight is 240 g/mol. The Kier molecular flexibility index (Phi) is 3.19. The molecular formula is C10H12N2O3S. The second-order valence-electron chi connectivity index (χ2n) is 3.83. The molecule has 1 saturated carbocycles. The molecule has 86 valence electrons. The van der Waals surface area contributed by atoms with Gasteiger partial charge in [-0.25, -0.2) is 4.79 Å². The number of nitrogens with zero attached hydrogens (tertiary/aromatic N) is 1. The highest BCUT2D eigenvalue weighted by molar-refractivity contribution is 7.08. The highest BCUT2D eigenvalue weighted by Gasteiger charge is 2.23. The van der Waals surface area contributed by atoms with Crippen LogP contribution in [0.25, 0.3) is 0 Å². The van der Waals surface area contributed by atoms with Gasteiger partial charge in [-0.2, -0.15) is 4.37 Å². The number of amides is 1. The van der Waals surface area contributed by atoms with Gasteiger partial charge < -0.3 is 10.4 Å². The maximum absolute atomic E-state index is 11.8. The monoisotopic (exact) mass is 240 g/mol. The largest absolute Gasteiger partial charge is 0.478 e. The Hall–Kier alpha value is -1.43. The number of nitrogens with one attached hydrogen (secondary N) is 1. The molecule has 0 aromatic carbocycles. The summed E-state index contributed by atoms with van der Waals surface area (Å²) in [6, 6.07) is 0.191. The van der Waals surface area contributed by atoms with E-state index in [2.05, 4.69) is 9.69 Å². The van der Waals surface area contributed by atoms with Crippen molar-refractivity contribution in [2.75, 3.05) is 0 Å². The molecule has 0 unspecified atom stereocenters. The number of aromatic nitrogens is 1. The maximum Gasteiger partial charge on any atom is 0.339 e. The van der Waals surface area contributed by atoms with Crippen molar-refractivity contribution in [1.82, 2.24) is 9.69 Å². The third-order valence-corrected chi connectivity index (χ3v) is 3.50. The van der Waals surface area contributed by atoms with Crippen LogP contribution in [0.1, 0.15) is 45.7 Å². The molecule has 0 saturated heterocycles. The fourth-order valence-electron chi connectivity index (χ4n) is 1.88. The summed E-state index contributed by atoms with van der Waals surface area (Å²) in [5.41, 5.74) is -0.0134. The van der Waals surface area contributed by atoms with Gasteiger partial charge in [0.15, 0.2) is 0 Å². The van der Waals surface area contributed by atoms with E-state index in [0.29, 0.717) is 0 Å². The zero-order chi connectivity index (χ0) is 11.5. The van der Waals surface area contributed by atoms with Crippen LogP contribution in [0.2, 0.25) is 0 Å². The first-order chi connectivity index (χ1) is 7.68. The molecule has 1 aromatic heterocycles. The molecule has 1 aliphatic rings. The van der Waals surface area contributed by atoms with Gasteiger partial charge in [0.25, 0.3) is 5.91 Å². The quantitative estimate of drug-likeness (QED) is 0.839. The van der Waals surface area contributed by atoms with E-state index >= 15 is 0 Å². The van der Waals surface area contributed by atoms with Crippen LogP contribution in [-0.2, 0) is 0 Å². The van der Waals surface area contributed by atoms with E-state index in [1.165, 1.54) is 6.20 Å². The summed E-state index contributed by atoms with van der Waals surface area (Å²) in [5, 5.41) is 11.7. The molecule has 16 heavy (non-hydrogen) atoms. The topological polar surface area (TPSA) is 79.3 Å². The van der Waals surface area contributed by atoms with Gasteiger partial charge in [0.2, 0.25) is 0 Å². The lowest BCUT2D eigenvalue weighted by atomic mass is 10.2. The first-order valence-electron chi connectivity index (χ1n) is 5.17. The van der Waals surface area contributed by atoms with Gasteiger partial charge in [-0.3, -0.25) is 4.79 Å². The molecule has 2 rings (SSSR count). The summed E-state index contributed by atoms with van der Waals surface area (Å²) in [6.07, 6.45) is 5.43. The van der Waals surface area contributed by atoms with Crippen molar-refractivity contribution in [3.63, 3.8) is 0 Å². The number of carbonyl (C=O) groups excluding carboxylic acids is 1. The van der Waals surface area contributed by atoms with Crippen molar-refractivity contribution in [3.05, 3.63) is 16.6 Å². The summed E-state index contributed by atoms with van der Waals surface area (Å²) in [4.78, 5) is 22.8. The molecule has 1 aromatic rings. The van der Waals surface area contributed by atoms with E-state index < -0.39 is 5.97 Å². The molecule has 6 heteroatoms. The van der Waals surface area contributed by atoms with E-state index in [-0.39, 0.29) is 22.4 Å². The third-order valence-electron chi connectivity index (χ3n) is 2.70. The van der Waals surface area contributed by atoms with Gasteiger partial charge in [-0.15, -0.1) is 0 Å². The molecule has 2 N–H and O–H groups in total. The number of carboxylic acid groups (broad SMARTS) is 1. The minimum absolute atomic E-state index is 0.0134. The minimum Gasteiger partial charge on any atom is -0.478 e. The molecule has 1 heterocycles. The molecule has 1 fully saturated rings. The lowest BCUT2D eigenvalue weighted by Crippen LogP contribution is -2.32. The molecule has 0 atom stereocenters. The summed E-state index contributed by atoms with van der Waals surface area (Å²) < 4.78 is 3.74. The maximum atomic E-state index is 11.8. The van der Waals surface area contributed by atoms with Crippen molar-refractivity contribution in [1.29, 1.82) is 0 Å². The molecule has 0 spiro atoms. The lowest BCUT2D eigenvalue weighted by molar-refractivity contribution is 0.0691. The van der Waals surface area contributed by atoms with Gasteiger partial charge in [-0.1, -0.05) is 12.8 Å². The Labute approximate surface area is 96.6 Å². The first-order valence-corrected chi connectivity index (χ1v) is 5.94. The smallest absolute Gasteiger partial charge is 0.339 e. The Morgan fingerprint density at radius 3 is 2.75 bits per heavy atom. The van der Waals surface area contributed by atoms with Crippen molar-refractivity contribution in [2.24, 2.45) is 0 Å². The van der Waals surface area contributed by atoms with E-state index in [9.17, 15) is 9.59 Å². The summed E-state index contributed by atoms with van der Waals surface area (Å²) >= 11 is 0.926. The van der Waals surface area contributed by atoms with E-state index in [0.717, 1.165) is 37.2 Å². The van der Waals surface area contributed by atoms with Crippen molar-refractivity contribution in [3.8, 4) is 0 Å². The molecule has 0 radical (unpaired) electrons. The van der Waals surface area contributed by atoms with Crippen LogP contribution in [0.3, 0.4) is 0 Å². The van der Waals surface area contributed by atoms with Crippen molar-refractivity contribution in [2.45, 2.75) is 31.7 Å². The standard InChI is InChI=1S/C10H12N2O3S/c13-9(12-6-3-1-2-4-6)8-7(10(14)15)5-11-16-8/h5-6H,1-4H2,(H,12,13)(H,14,15). The normalized spacial score (nSPS) is 16.2. The third kappa shape index (κ3) is 2.21. The van der Waals surface area contributed by atoms with Crippen LogP contribution >= 0.6 is 11.5 Å². The lowest BCUT2D eigenvalue weighted by Gasteiger charge is -2.10. The Morgan fingerprint density at radius 1 is 1.44 bits per heavy atom. The van der Waals surface area contributed by atoms with Gasteiger partial charge >= 0.3 is 5.97 Å². The van der Waals surface area contributed by atoms with Gasteiger partial charge in [0.05, 0.1) is 6.20 Å². The van der Waals surface area contributed by atoms with Crippen molar-refractivity contribution >= 4 is 23.4 Å². The average Bonchev–Trinajstić information content (AvgIpc) is 2.86. The van der Waals surface area contributed by atoms with Crippen LogP contribution < -0.4 is 5.32 Å². The fraction of sp³-hybridized carbons (Fsp3) is 0.500. The Morgan fingerprint density at radius 2 is 2.12 bits per heavy atom. The van der Waals surface area contributed by atoms with Crippen LogP contribution in [0.4, 0.5) is 0 Å². The number of hydrogen-bond acceptors (Lipinski definition) is 4.